The van der Waals surface area contributed by atoms with Crippen molar-refractivity contribution in [3.63, 3.8) is 0 Å². The third-order valence-electron chi connectivity index (χ3n) is 6.89. The average molecular weight is 440 g/mol. The zero-order valence-electron chi connectivity index (χ0n) is 17.7. The Morgan fingerprint density at radius 2 is 2.13 bits per heavy atom. The summed E-state index contributed by atoms with van der Waals surface area (Å²) in [6.45, 7) is 4.35. The van der Waals surface area contributed by atoms with Crippen molar-refractivity contribution in [1.82, 2.24) is 25.4 Å². The van der Waals surface area contributed by atoms with E-state index in [1.165, 1.54) is 12.1 Å². The Morgan fingerprint density at radius 3 is 2.77 bits per heavy atom. The quantitative estimate of drug-likeness (QED) is 0.617. The van der Waals surface area contributed by atoms with Gasteiger partial charge in [-0.2, -0.15) is 5.10 Å². The SMILES string of the molecule is Cc1nn(-c2ccc(F)cc2)c(C)c1CNC(=O)[C@@]1(Cc2cscn2)C[C@H]2CC[C@@H]1N2. The Bertz CT molecular complexity index is 1090. The molecule has 5 rings (SSSR count). The van der Waals surface area contributed by atoms with Crippen LogP contribution in [0.15, 0.2) is 35.2 Å². The van der Waals surface area contributed by atoms with E-state index in [0.29, 0.717) is 19.0 Å². The molecule has 3 aromatic rings. The molecule has 0 radical (unpaired) electrons. The number of hydrogen-bond acceptors (Lipinski definition) is 5. The van der Waals surface area contributed by atoms with Crippen LogP contribution in [0.2, 0.25) is 0 Å². The van der Waals surface area contributed by atoms with Crippen LogP contribution in [0, 0.1) is 25.1 Å². The number of nitrogens with zero attached hydrogens (tertiary/aromatic N) is 3. The monoisotopic (exact) mass is 439 g/mol. The highest BCUT2D eigenvalue weighted by Crippen LogP contribution is 2.46. The summed E-state index contributed by atoms with van der Waals surface area (Å²) in [6, 6.07) is 6.89. The van der Waals surface area contributed by atoms with Gasteiger partial charge in [0.15, 0.2) is 0 Å². The van der Waals surface area contributed by atoms with Gasteiger partial charge in [0.1, 0.15) is 5.82 Å². The first kappa shape index (κ1) is 20.3. The number of fused-ring (bicyclic) bond motifs is 2. The van der Waals surface area contributed by atoms with Gasteiger partial charge in [0.25, 0.3) is 0 Å². The number of hydrogen-bond donors (Lipinski definition) is 2. The highest BCUT2D eigenvalue weighted by Gasteiger charge is 2.55. The molecule has 0 saturated carbocycles. The standard InChI is InChI=1S/C23H26FN5OS/c1-14-20(15(2)29(28-14)19-6-3-16(24)4-7-19)11-25-22(30)23(10-18-12-31-13-26-18)9-17-5-8-21(23)27-17/h3-4,6-7,12-13,17,21,27H,5,8-11H2,1-2H3,(H,25,30)/t17-,21+,23-/m1/s1. The van der Waals surface area contributed by atoms with E-state index in [2.05, 4.69) is 20.7 Å². The summed E-state index contributed by atoms with van der Waals surface area (Å²) in [5, 5.41) is 13.5. The number of carbonyl (C=O) groups excluding carboxylic acids is 1. The van der Waals surface area contributed by atoms with E-state index in [4.69, 9.17) is 0 Å². The van der Waals surface area contributed by atoms with Gasteiger partial charge in [-0.25, -0.2) is 14.1 Å². The number of aryl methyl sites for hydroxylation is 1. The highest BCUT2D eigenvalue weighted by atomic mass is 32.1. The van der Waals surface area contributed by atoms with Crippen molar-refractivity contribution in [3.05, 3.63) is 63.6 Å². The van der Waals surface area contributed by atoms with Gasteiger partial charge in [-0.05, 0) is 57.4 Å². The molecule has 2 N–H and O–H groups in total. The molecule has 6 nitrogen and oxygen atoms in total. The molecule has 3 atom stereocenters. The van der Waals surface area contributed by atoms with E-state index in [1.54, 1.807) is 28.2 Å². The number of rotatable bonds is 6. The van der Waals surface area contributed by atoms with Crippen LogP contribution in [0.5, 0.6) is 0 Å². The largest absolute Gasteiger partial charge is 0.351 e. The number of benzene rings is 1. The van der Waals surface area contributed by atoms with Crippen LogP contribution in [0.25, 0.3) is 5.69 Å². The van der Waals surface area contributed by atoms with Gasteiger partial charge in [0.2, 0.25) is 5.91 Å². The lowest BCUT2D eigenvalue weighted by atomic mass is 9.70. The van der Waals surface area contributed by atoms with Crippen LogP contribution in [-0.2, 0) is 17.8 Å². The minimum absolute atomic E-state index is 0.0912. The second-order valence-electron chi connectivity index (χ2n) is 8.73. The molecule has 1 amide bonds. The number of carbonyl (C=O) groups is 1. The highest BCUT2D eigenvalue weighted by molar-refractivity contribution is 7.07. The van der Waals surface area contributed by atoms with Gasteiger partial charge >= 0.3 is 0 Å². The van der Waals surface area contributed by atoms with E-state index in [-0.39, 0.29) is 17.8 Å². The molecule has 2 aromatic heterocycles. The average Bonchev–Trinajstić information content (AvgIpc) is 3.54. The van der Waals surface area contributed by atoms with Crippen LogP contribution in [0.1, 0.15) is 41.9 Å². The normalized spacial score (nSPS) is 24.6. The minimum atomic E-state index is -0.453. The van der Waals surface area contributed by atoms with E-state index >= 15 is 0 Å². The van der Waals surface area contributed by atoms with Crippen LogP contribution in [0.3, 0.4) is 0 Å². The predicted molar refractivity (Wildman–Crippen MR) is 118 cm³/mol. The van der Waals surface area contributed by atoms with Gasteiger partial charge in [-0.1, -0.05) is 0 Å². The molecular weight excluding hydrogens is 413 g/mol. The lowest BCUT2D eigenvalue weighted by Gasteiger charge is -2.34. The zero-order chi connectivity index (χ0) is 21.6. The van der Waals surface area contributed by atoms with Crippen LogP contribution in [0.4, 0.5) is 4.39 Å². The molecule has 162 valence electrons. The van der Waals surface area contributed by atoms with Crippen molar-refractivity contribution in [1.29, 1.82) is 0 Å². The Hall–Kier alpha value is -2.58. The Kier molecular flexibility index (Phi) is 5.14. The Morgan fingerprint density at radius 1 is 1.32 bits per heavy atom. The number of halogens is 1. The summed E-state index contributed by atoms with van der Waals surface area (Å²) in [7, 11) is 0. The molecule has 0 unspecified atom stereocenters. The van der Waals surface area contributed by atoms with Gasteiger partial charge < -0.3 is 10.6 Å². The fourth-order valence-electron chi connectivity index (χ4n) is 5.28. The van der Waals surface area contributed by atoms with Crippen molar-refractivity contribution >= 4 is 17.2 Å². The maximum atomic E-state index is 13.5. The van der Waals surface area contributed by atoms with Crippen LogP contribution in [-0.4, -0.2) is 32.8 Å². The summed E-state index contributed by atoms with van der Waals surface area (Å²) in [6.07, 6.45) is 3.69. The smallest absolute Gasteiger partial charge is 0.228 e. The van der Waals surface area contributed by atoms with Gasteiger partial charge in [0, 0.05) is 41.7 Å². The molecule has 31 heavy (non-hydrogen) atoms. The molecular formula is C23H26FN5OS. The zero-order valence-corrected chi connectivity index (χ0v) is 18.5. The fourth-order valence-corrected chi connectivity index (χ4v) is 5.84. The molecule has 0 aliphatic carbocycles. The number of amides is 1. The lowest BCUT2D eigenvalue weighted by Crippen LogP contribution is -2.49. The van der Waals surface area contributed by atoms with Crippen molar-refractivity contribution in [2.24, 2.45) is 5.41 Å². The van der Waals surface area contributed by atoms with E-state index < -0.39 is 5.41 Å². The van der Waals surface area contributed by atoms with Crippen LogP contribution >= 0.6 is 11.3 Å². The second kappa shape index (κ2) is 7.84. The Balaban J connectivity index is 1.36. The Labute approximate surface area is 184 Å². The minimum Gasteiger partial charge on any atom is -0.351 e. The maximum Gasteiger partial charge on any atom is 0.228 e. The number of thiazole rings is 1. The van der Waals surface area contributed by atoms with Gasteiger partial charge in [0.05, 0.1) is 28.0 Å². The van der Waals surface area contributed by atoms with Crippen molar-refractivity contribution in [2.75, 3.05) is 0 Å². The second-order valence-corrected chi connectivity index (χ2v) is 9.45. The molecule has 8 heteroatoms. The third kappa shape index (κ3) is 3.57. The first-order valence-electron chi connectivity index (χ1n) is 10.7. The molecule has 2 aliphatic rings. The number of nitrogens with one attached hydrogen (secondary N) is 2. The van der Waals surface area contributed by atoms with Crippen LogP contribution < -0.4 is 10.6 Å². The van der Waals surface area contributed by atoms with Gasteiger partial charge in [-0.3, -0.25) is 4.79 Å². The molecule has 2 bridgehead atoms. The topological polar surface area (TPSA) is 71.8 Å². The molecule has 2 aliphatic heterocycles. The molecule has 0 spiro atoms. The summed E-state index contributed by atoms with van der Waals surface area (Å²) in [5.41, 5.74) is 5.98. The van der Waals surface area contributed by atoms with Crippen molar-refractivity contribution in [3.8, 4) is 5.69 Å². The molecule has 2 fully saturated rings. The van der Waals surface area contributed by atoms with Crippen molar-refractivity contribution < 1.29 is 9.18 Å². The van der Waals surface area contributed by atoms with E-state index in [0.717, 1.165) is 47.6 Å². The molecule has 1 aromatic carbocycles. The van der Waals surface area contributed by atoms with Crippen molar-refractivity contribution in [2.45, 2.75) is 58.2 Å². The summed E-state index contributed by atoms with van der Waals surface area (Å²) in [5.74, 6) is -0.184. The fraction of sp³-hybridized carbons (Fsp3) is 0.435. The first-order valence-corrected chi connectivity index (χ1v) is 11.6. The third-order valence-corrected chi connectivity index (χ3v) is 7.52. The predicted octanol–water partition coefficient (Wildman–Crippen LogP) is 3.45. The summed E-state index contributed by atoms with van der Waals surface area (Å²) in [4.78, 5) is 18.0. The van der Waals surface area contributed by atoms with Gasteiger partial charge in [-0.15, -0.1) is 11.3 Å². The lowest BCUT2D eigenvalue weighted by molar-refractivity contribution is -0.132. The molecule has 2 saturated heterocycles. The molecule has 4 heterocycles. The maximum absolute atomic E-state index is 13.5. The van der Waals surface area contributed by atoms with E-state index in [1.807, 2.05) is 24.7 Å². The number of aromatic nitrogens is 3. The first-order chi connectivity index (χ1) is 15.0. The van der Waals surface area contributed by atoms with E-state index in [9.17, 15) is 9.18 Å². The summed E-state index contributed by atoms with van der Waals surface area (Å²) >= 11 is 1.57. The summed E-state index contributed by atoms with van der Waals surface area (Å²) < 4.78 is 15.1.